The van der Waals surface area contributed by atoms with Gasteiger partial charge in [0, 0.05) is 0 Å². The molecule has 20 heavy (non-hydrogen) atoms. The van der Waals surface area contributed by atoms with Gasteiger partial charge in [0.1, 0.15) is 5.75 Å². The van der Waals surface area contributed by atoms with Crippen molar-refractivity contribution < 1.29 is 9.53 Å². The molecule has 0 spiro atoms. The van der Waals surface area contributed by atoms with Crippen molar-refractivity contribution >= 4 is 32.6 Å². The number of methoxy groups -OCH3 is 1. The van der Waals surface area contributed by atoms with Gasteiger partial charge < -0.3 is 15.8 Å². The summed E-state index contributed by atoms with van der Waals surface area (Å²) < 4.78 is 6.14. The van der Waals surface area contributed by atoms with Crippen molar-refractivity contribution in [1.82, 2.24) is 4.98 Å². The summed E-state index contributed by atoms with van der Waals surface area (Å²) in [5, 5.41) is 3.36. The van der Waals surface area contributed by atoms with Gasteiger partial charge in [0.15, 0.2) is 5.13 Å². The number of fused-ring (bicyclic) bond motifs is 1. The number of carbonyl (C=O) groups is 1. The first-order valence-corrected chi connectivity index (χ1v) is 7.33. The third-order valence-corrected chi connectivity index (χ3v) is 4.04. The van der Waals surface area contributed by atoms with Gasteiger partial charge in [-0.1, -0.05) is 24.7 Å². The predicted octanol–water partition coefficient (Wildman–Crippen LogP) is 2.76. The Morgan fingerprint density at radius 3 is 2.95 bits per heavy atom. The van der Waals surface area contributed by atoms with Gasteiger partial charge in [0.25, 0.3) is 0 Å². The van der Waals surface area contributed by atoms with E-state index in [2.05, 4.69) is 10.3 Å². The van der Waals surface area contributed by atoms with Crippen LogP contribution in [0.3, 0.4) is 0 Å². The molecule has 0 radical (unpaired) electrons. The lowest BCUT2D eigenvalue weighted by Gasteiger charge is -2.21. The van der Waals surface area contributed by atoms with Crippen LogP contribution in [-0.2, 0) is 4.79 Å². The van der Waals surface area contributed by atoms with E-state index >= 15 is 0 Å². The first kappa shape index (κ1) is 14.7. The van der Waals surface area contributed by atoms with Crippen LogP contribution in [0.4, 0.5) is 5.13 Å². The summed E-state index contributed by atoms with van der Waals surface area (Å²) in [5.41, 5.74) is 5.97. The zero-order valence-corrected chi connectivity index (χ0v) is 12.7. The molecule has 0 aliphatic heterocycles. The van der Waals surface area contributed by atoms with E-state index in [4.69, 9.17) is 10.5 Å². The lowest BCUT2D eigenvalue weighted by molar-refractivity contribution is -0.120. The number of amides is 1. The fraction of sp³-hybridized carbons (Fsp3) is 0.429. The highest BCUT2D eigenvalue weighted by molar-refractivity contribution is 7.22. The van der Waals surface area contributed by atoms with E-state index in [9.17, 15) is 4.79 Å². The molecule has 1 aromatic heterocycles. The van der Waals surface area contributed by atoms with Crippen molar-refractivity contribution in [1.29, 1.82) is 0 Å². The van der Waals surface area contributed by atoms with Crippen LogP contribution in [0, 0.1) is 0 Å². The van der Waals surface area contributed by atoms with E-state index in [0.29, 0.717) is 11.6 Å². The Bertz CT molecular complexity index is 622. The third-order valence-electron chi connectivity index (χ3n) is 3.10. The molecule has 2 aromatic rings. The Kier molecular flexibility index (Phi) is 4.25. The lowest BCUT2D eigenvalue weighted by atomic mass is 9.97. The summed E-state index contributed by atoms with van der Waals surface area (Å²) in [6, 6.07) is 5.61. The molecule has 108 valence electrons. The number of nitrogens with two attached hydrogens (primary N) is 1. The number of rotatable bonds is 5. The Balaban J connectivity index is 2.20. The molecule has 1 amide bonds. The Morgan fingerprint density at radius 2 is 2.30 bits per heavy atom. The van der Waals surface area contributed by atoms with Crippen molar-refractivity contribution in [2.45, 2.75) is 32.2 Å². The predicted molar refractivity (Wildman–Crippen MR) is 82.3 cm³/mol. The number of aromatic nitrogens is 1. The molecular formula is C14H19N3O2S. The molecule has 0 aliphatic carbocycles. The average molecular weight is 293 g/mol. The maximum Gasteiger partial charge on any atom is 0.245 e. The monoisotopic (exact) mass is 293 g/mol. The molecule has 0 saturated carbocycles. The van der Waals surface area contributed by atoms with E-state index in [1.807, 2.05) is 25.1 Å². The summed E-state index contributed by atoms with van der Waals surface area (Å²) in [6.45, 7) is 3.74. The molecule has 0 fully saturated rings. The Morgan fingerprint density at radius 1 is 1.55 bits per heavy atom. The number of thiazole rings is 1. The van der Waals surface area contributed by atoms with E-state index in [1.165, 1.54) is 11.3 Å². The number of hydrogen-bond acceptors (Lipinski definition) is 5. The van der Waals surface area contributed by atoms with Crippen LogP contribution in [-0.4, -0.2) is 23.5 Å². The molecule has 1 heterocycles. The van der Waals surface area contributed by atoms with Gasteiger partial charge in [0.05, 0.1) is 22.9 Å². The van der Waals surface area contributed by atoms with E-state index in [-0.39, 0.29) is 5.91 Å². The summed E-state index contributed by atoms with van der Waals surface area (Å²) in [5.74, 6) is 0.569. The van der Waals surface area contributed by atoms with Crippen LogP contribution in [0.25, 0.3) is 10.2 Å². The standard InChI is InChI=1S/C14H19N3O2S/c1-4-7-14(2,15)12(18)17-13-16-10-6-5-9(19-3)8-11(10)20-13/h5-6,8H,4,7,15H2,1-3H3,(H,16,17,18). The van der Waals surface area contributed by atoms with Crippen molar-refractivity contribution in [2.75, 3.05) is 12.4 Å². The average Bonchev–Trinajstić information content (AvgIpc) is 2.79. The van der Waals surface area contributed by atoms with Gasteiger partial charge in [-0.15, -0.1) is 0 Å². The third kappa shape index (κ3) is 3.08. The topological polar surface area (TPSA) is 77.2 Å². The minimum absolute atomic E-state index is 0.203. The number of nitrogens with zero attached hydrogens (tertiary/aromatic N) is 1. The molecule has 0 aliphatic rings. The number of anilines is 1. The van der Waals surface area contributed by atoms with Crippen LogP contribution in [0.2, 0.25) is 0 Å². The highest BCUT2D eigenvalue weighted by atomic mass is 32.1. The Hall–Kier alpha value is -1.66. The molecular weight excluding hydrogens is 274 g/mol. The second-order valence-electron chi connectivity index (χ2n) is 4.97. The largest absolute Gasteiger partial charge is 0.497 e. The van der Waals surface area contributed by atoms with Gasteiger partial charge in [-0.3, -0.25) is 4.79 Å². The van der Waals surface area contributed by atoms with Crippen molar-refractivity contribution in [2.24, 2.45) is 5.73 Å². The van der Waals surface area contributed by atoms with Crippen LogP contribution in [0.1, 0.15) is 26.7 Å². The molecule has 1 unspecified atom stereocenters. The molecule has 0 saturated heterocycles. The second-order valence-corrected chi connectivity index (χ2v) is 6.00. The Labute approximate surface area is 122 Å². The van der Waals surface area contributed by atoms with Crippen LogP contribution in [0.15, 0.2) is 18.2 Å². The molecule has 2 rings (SSSR count). The minimum atomic E-state index is -0.871. The lowest BCUT2D eigenvalue weighted by Crippen LogP contribution is -2.48. The molecule has 0 bridgehead atoms. The second kappa shape index (κ2) is 5.76. The summed E-state index contributed by atoms with van der Waals surface area (Å²) >= 11 is 1.41. The zero-order chi connectivity index (χ0) is 14.8. The number of nitrogens with one attached hydrogen (secondary N) is 1. The van der Waals surface area contributed by atoms with Gasteiger partial charge in [-0.2, -0.15) is 0 Å². The van der Waals surface area contributed by atoms with Gasteiger partial charge in [0.2, 0.25) is 5.91 Å². The maximum absolute atomic E-state index is 12.1. The number of hydrogen-bond donors (Lipinski definition) is 2. The van der Waals surface area contributed by atoms with Crippen molar-refractivity contribution in [3.8, 4) is 5.75 Å². The first-order valence-electron chi connectivity index (χ1n) is 6.51. The normalized spacial score (nSPS) is 14.0. The zero-order valence-electron chi connectivity index (χ0n) is 11.9. The van der Waals surface area contributed by atoms with E-state index in [0.717, 1.165) is 22.4 Å². The first-order chi connectivity index (χ1) is 9.46. The summed E-state index contributed by atoms with van der Waals surface area (Å²) in [4.78, 5) is 16.5. The van der Waals surface area contributed by atoms with Crippen molar-refractivity contribution in [3.05, 3.63) is 18.2 Å². The number of carbonyl (C=O) groups excluding carboxylic acids is 1. The molecule has 6 heteroatoms. The summed E-state index contributed by atoms with van der Waals surface area (Å²) in [6.07, 6.45) is 1.50. The van der Waals surface area contributed by atoms with Crippen LogP contribution in [0.5, 0.6) is 5.75 Å². The number of benzene rings is 1. The maximum atomic E-state index is 12.1. The smallest absolute Gasteiger partial charge is 0.245 e. The molecule has 5 nitrogen and oxygen atoms in total. The summed E-state index contributed by atoms with van der Waals surface area (Å²) in [7, 11) is 1.62. The van der Waals surface area contributed by atoms with Gasteiger partial charge in [-0.05, 0) is 31.5 Å². The van der Waals surface area contributed by atoms with Crippen LogP contribution < -0.4 is 15.8 Å². The number of ether oxygens (including phenoxy) is 1. The quantitative estimate of drug-likeness (QED) is 0.888. The fourth-order valence-electron chi connectivity index (χ4n) is 1.96. The van der Waals surface area contributed by atoms with E-state index in [1.54, 1.807) is 14.0 Å². The fourth-order valence-corrected chi connectivity index (χ4v) is 2.85. The van der Waals surface area contributed by atoms with E-state index < -0.39 is 5.54 Å². The highest BCUT2D eigenvalue weighted by Gasteiger charge is 2.27. The SMILES string of the molecule is CCCC(C)(N)C(=O)Nc1nc2ccc(OC)cc2s1. The van der Waals surface area contributed by atoms with Gasteiger partial charge >= 0.3 is 0 Å². The van der Waals surface area contributed by atoms with Gasteiger partial charge in [-0.25, -0.2) is 4.98 Å². The van der Waals surface area contributed by atoms with Crippen molar-refractivity contribution in [3.63, 3.8) is 0 Å². The minimum Gasteiger partial charge on any atom is -0.497 e. The molecule has 1 atom stereocenters. The molecule has 3 N–H and O–H groups in total. The van der Waals surface area contributed by atoms with Crippen LogP contribution >= 0.6 is 11.3 Å². The molecule has 1 aromatic carbocycles. The highest BCUT2D eigenvalue weighted by Crippen LogP contribution is 2.29.